The number of aliphatic carboxylic acids is 1. The zero-order valence-electron chi connectivity index (χ0n) is 5.90. The van der Waals surface area contributed by atoms with Gasteiger partial charge in [0.1, 0.15) is 0 Å². The van der Waals surface area contributed by atoms with Gasteiger partial charge in [0.25, 0.3) is 0 Å². The number of hydrogen-bond donors (Lipinski definition) is 2. The average molecular weight is 155 g/mol. The number of hydrogen-bond acceptors (Lipinski definition) is 3. The Morgan fingerprint density at radius 1 is 1.82 bits per heavy atom. The molecule has 0 aliphatic rings. The molecule has 1 aromatic heterocycles. The summed E-state index contributed by atoms with van der Waals surface area (Å²) >= 11 is 0. The first-order chi connectivity index (χ1) is 5.24. The molecular formula is C6H9N3O2. The average Bonchev–Trinajstić information content (AvgIpc) is 2.34. The molecule has 1 aromatic rings. The maximum absolute atomic E-state index is 10.3. The number of nitrogens with two attached hydrogens (primary N) is 1. The Labute approximate surface area is 63.5 Å². The number of imidazole rings is 1. The molecular weight excluding hydrogens is 146 g/mol. The van der Waals surface area contributed by atoms with E-state index in [1.807, 2.05) is 0 Å². The van der Waals surface area contributed by atoms with E-state index < -0.39 is 5.97 Å². The summed E-state index contributed by atoms with van der Waals surface area (Å²) < 4.78 is 1.59. The van der Waals surface area contributed by atoms with Gasteiger partial charge in [-0.25, -0.2) is 4.98 Å². The van der Waals surface area contributed by atoms with Crippen LogP contribution in [0.3, 0.4) is 0 Å². The summed E-state index contributed by atoms with van der Waals surface area (Å²) in [5, 5.41) is 8.42. The molecule has 1 rings (SSSR count). The van der Waals surface area contributed by atoms with Gasteiger partial charge in [-0.3, -0.25) is 4.79 Å². The Kier molecular flexibility index (Phi) is 2.22. The summed E-state index contributed by atoms with van der Waals surface area (Å²) in [6, 6.07) is 0. The van der Waals surface area contributed by atoms with Crippen LogP contribution in [0, 0.1) is 0 Å². The zero-order valence-corrected chi connectivity index (χ0v) is 5.90. The van der Waals surface area contributed by atoms with Gasteiger partial charge in [-0.15, -0.1) is 0 Å². The van der Waals surface area contributed by atoms with Crippen molar-refractivity contribution in [3.8, 4) is 0 Å². The molecule has 0 spiro atoms. The van der Waals surface area contributed by atoms with Crippen LogP contribution in [0.4, 0.5) is 0 Å². The summed E-state index contributed by atoms with van der Waals surface area (Å²) in [7, 11) is 0. The molecule has 0 aromatic carbocycles. The SMILES string of the molecule is NCn1cncc1CC(=O)O. The standard InChI is InChI=1S/C6H9N3O2/c7-3-9-4-8-2-5(9)1-6(10)11/h2,4H,1,3,7H2,(H,10,11). The smallest absolute Gasteiger partial charge is 0.309 e. The van der Waals surface area contributed by atoms with Crippen molar-refractivity contribution in [2.45, 2.75) is 13.1 Å². The molecule has 1 heterocycles. The van der Waals surface area contributed by atoms with E-state index in [9.17, 15) is 4.79 Å². The van der Waals surface area contributed by atoms with E-state index in [4.69, 9.17) is 10.8 Å². The second-order valence-electron chi connectivity index (χ2n) is 2.11. The Balaban J connectivity index is 2.76. The molecule has 60 valence electrons. The van der Waals surface area contributed by atoms with E-state index in [1.54, 1.807) is 4.57 Å². The van der Waals surface area contributed by atoms with Crippen molar-refractivity contribution < 1.29 is 9.90 Å². The first-order valence-corrected chi connectivity index (χ1v) is 3.15. The van der Waals surface area contributed by atoms with Crippen LogP contribution in [0.25, 0.3) is 0 Å². The first-order valence-electron chi connectivity index (χ1n) is 3.15. The Hall–Kier alpha value is -1.36. The molecule has 0 amide bonds. The van der Waals surface area contributed by atoms with Crippen molar-refractivity contribution in [1.82, 2.24) is 9.55 Å². The molecule has 0 atom stereocenters. The third-order valence-corrected chi connectivity index (χ3v) is 1.33. The molecule has 5 nitrogen and oxygen atoms in total. The number of carboxylic acids is 1. The lowest BCUT2D eigenvalue weighted by molar-refractivity contribution is -0.136. The van der Waals surface area contributed by atoms with Crippen molar-refractivity contribution in [2.24, 2.45) is 5.73 Å². The highest BCUT2D eigenvalue weighted by molar-refractivity contribution is 5.69. The second kappa shape index (κ2) is 3.16. The zero-order chi connectivity index (χ0) is 8.27. The molecule has 0 aliphatic carbocycles. The van der Waals surface area contributed by atoms with Crippen LogP contribution in [-0.4, -0.2) is 20.6 Å². The lowest BCUT2D eigenvalue weighted by Gasteiger charge is -2.00. The molecule has 11 heavy (non-hydrogen) atoms. The maximum Gasteiger partial charge on any atom is 0.309 e. The third kappa shape index (κ3) is 1.78. The van der Waals surface area contributed by atoms with Gasteiger partial charge in [-0.05, 0) is 0 Å². The maximum atomic E-state index is 10.3. The Bertz CT molecular complexity index is 256. The lowest BCUT2D eigenvalue weighted by atomic mass is 10.3. The van der Waals surface area contributed by atoms with Crippen molar-refractivity contribution in [3.05, 3.63) is 18.2 Å². The van der Waals surface area contributed by atoms with Crippen molar-refractivity contribution in [2.75, 3.05) is 0 Å². The van der Waals surface area contributed by atoms with E-state index in [2.05, 4.69) is 4.98 Å². The number of rotatable bonds is 3. The lowest BCUT2D eigenvalue weighted by Crippen LogP contribution is -2.12. The van der Waals surface area contributed by atoms with Crippen molar-refractivity contribution in [1.29, 1.82) is 0 Å². The van der Waals surface area contributed by atoms with Gasteiger partial charge in [0, 0.05) is 11.9 Å². The third-order valence-electron chi connectivity index (χ3n) is 1.33. The van der Waals surface area contributed by atoms with E-state index in [0.29, 0.717) is 5.69 Å². The highest BCUT2D eigenvalue weighted by atomic mass is 16.4. The Morgan fingerprint density at radius 2 is 2.55 bits per heavy atom. The van der Waals surface area contributed by atoms with Crippen LogP contribution >= 0.6 is 0 Å². The minimum Gasteiger partial charge on any atom is -0.481 e. The molecule has 3 N–H and O–H groups in total. The Morgan fingerprint density at radius 3 is 3.09 bits per heavy atom. The van der Waals surface area contributed by atoms with Crippen molar-refractivity contribution >= 4 is 5.97 Å². The summed E-state index contributed by atoms with van der Waals surface area (Å²) in [4.78, 5) is 14.0. The van der Waals surface area contributed by atoms with Gasteiger partial charge in [0.05, 0.1) is 19.4 Å². The minimum absolute atomic E-state index is 0.0306. The predicted octanol–water partition coefficient (Wildman–Crippen LogP) is -0.574. The van der Waals surface area contributed by atoms with Gasteiger partial charge in [0.15, 0.2) is 0 Å². The molecule has 0 radical (unpaired) electrons. The summed E-state index contributed by atoms with van der Waals surface area (Å²) in [5.41, 5.74) is 5.93. The van der Waals surface area contributed by atoms with E-state index in [0.717, 1.165) is 0 Å². The fourth-order valence-electron chi connectivity index (χ4n) is 0.815. The largest absolute Gasteiger partial charge is 0.481 e. The first kappa shape index (κ1) is 7.74. The summed E-state index contributed by atoms with van der Waals surface area (Å²) in [6.45, 7) is 0.266. The van der Waals surface area contributed by atoms with E-state index >= 15 is 0 Å². The number of aromatic nitrogens is 2. The van der Waals surface area contributed by atoms with Crippen LogP contribution in [0.5, 0.6) is 0 Å². The van der Waals surface area contributed by atoms with Crippen LogP contribution in [-0.2, 0) is 17.9 Å². The molecule has 5 heteroatoms. The molecule has 0 saturated carbocycles. The highest BCUT2D eigenvalue weighted by Crippen LogP contribution is 1.97. The van der Waals surface area contributed by atoms with E-state index in [1.165, 1.54) is 12.5 Å². The van der Waals surface area contributed by atoms with Crippen LogP contribution in [0.1, 0.15) is 5.69 Å². The van der Waals surface area contributed by atoms with Gasteiger partial charge in [-0.1, -0.05) is 0 Å². The predicted molar refractivity (Wildman–Crippen MR) is 37.8 cm³/mol. The monoisotopic (exact) mass is 155 g/mol. The molecule has 0 bridgehead atoms. The van der Waals surface area contributed by atoms with Crippen LogP contribution < -0.4 is 5.73 Å². The number of nitrogens with zero attached hydrogens (tertiary/aromatic N) is 2. The topological polar surface area (TPSA) is 81.1 Å². The van der Waals surface area contributed by atoms with Crippen LogP contribution in [0.2, 0.25) is 0 Å². The van der Waals surface area contributed by atoms with E-state index in [-0.39, 0.29) is 13.1 Å². The summed E-state index contributed by atoms with van der Waals surface area (Å²) in [6.07, 6.45) is 2.98. The minimum atomic E-state index is -0.875. The normalized spacial score (nSPS) is 9.91. The molecule has 0 saturated heterocycles. The highest BCUT2D eigenvalue weighted by Gasteiger charge is 2.04. The fourth-order valence-corrected chi connectivity index (χ4v) is 0.815. The second-order valence-corrected chi connectivity index (χ2v) is 2.11. The van der Waals surface area contributed by atoms with Crippen LogP contribution in [0.15, 0.2) is 12.5 Å². The fraction of sp³-hybridized carbons (Fsp3) is 0.333. The molecule has 0 aliphatic heterocycles. The van der Waals surface area contributed by atoms with Crippen molar-refractivity contribution in [3.63, 3.8) is 0 Å². The summed E-state index contributed by atoms with van der Waals surface area (Å²) in [5.74, 6) is -0.875. The van der Waals surface area contributed by atoms with Gasteiger partial charge < -0.3 is 15.4 Å². The number of carbonyl (C=O) groups is 1. The quantitative estimate of drug-likeness (QED) is 0.612. The van der Waals surface area contributed by atoms with Gasteiger partial charge in [0.2, 0.25) is 0 Å². The number of carboxylic acid groups (broad SMARTS) is 1. The van der Waals surface area contributed by atoms with Gasteiger partial charge in [-0.2, -0.15) is 0 Å². The van der Waals surface area contributed by atoms with Gasteiger partial charge >= 0.3 is 5.97 Å². The molecule has 0 fully saturated rings. The molecule has 0 unspecified atom stereocenters.